The Bertz CT molecular complexity index is 585. The topological polar surface area (TPSA) is 57.5 Å². The third kappa shape index (κ3) is 6.00. The summed E-state index contributed by atoms with van der Waals surface area (Å²) in [5, 5.41) is 18.8. The zero-order valence-corrected chi connectivity index (χ0v) is 13.7. The molecule has 0 aliphatic heterocycles. The lowest BCUT2D eigenvalue weighted by Gasteiger charge is -2.11. The zero-order chi connectivity index (χ0) is 16.7. The molecule has 0 aliphatic rings. The van der Waals surface area contributed by atoms with E-state index >= 15 is 0 Å². The minimum Gasteiger partial charge on any atom is -0.508 e. The Morgan fingerprint density at radius 3 is 1.82 bits per heavy atom. The van der Waals surface area contributed by atoms with Gasteiger partial charge in [0.25, 0.3) is 0 Å². The molecule has 3 heteroatoms. The SMILES string of the molecule is CC(C)=CCc1cc(O)cc(CC=C(C)C)c1C=CC(=O)O. The summed E-state index contributed by atoms with van der Waals surface area (Å²) >= 11 is 0. The summed E-state index contributed by atoms with van der Waals surface area (Å²) < 4.78 is 0. The van der Waals surface area contributed by atoms with Gasteiger partial charge in [0.15, 0.2) is 0 Å². The van der Waals surface area contributed by atoms with Crippen molar-refractivity contribution in [3.05, 3.63) is 58.2 Å². The van der Waals surface area contributed by atoms with E-state index in [4.69, 9.17) is 5.11 Å². The van der Waals surface area contributed by atoms with E-state index in [1.165, 1.54) is 11.1 Å². The van der Waals surface area contributed by atoms with Crippen LogP contribution in [0.5, 0.6) is 5.75 Å². The van der Waals surface area contributed by atoms with Crippen LogP contribution in [0.2, 0.25) is 0 Å². The number of carboxylic acids is 1. The van der Waals surface area contributed by atoms with Gasteiger partial charge in [-0.2, -0.15) is 0 Å². The smallest absolute Gasteiger partial charge is 0.328 e. The van der Waals surface area contributed by atoms with Gasteiger partial charge in [0.05, 0.1) is 0 Å². The van der Waals surface area contributed by atoms with Crippen molar-refractivity contribution < 1.29 is 15.0 Å². The molecule has 0 aliphatic carbocycles. The van der Waals surface area contributed by atoms with Crippen molar-refractivity contribution in [2.45, 2.75) is 40.5 Å². The number of hydrogen-bond acceptors (Lipinski definition) is 2. The number of aromatic hydroxyl groups is 1. The van der Waals surface area contributed by atoms with Crippen molar-refractivity contribution in [3.8, 4) is 5.75 Å². The van der Waals surface area contributed by atoms with Crippen LogP contribution in [0.4, 0.5) is 0 Å². The Morgan fingerprint density at radius 2 is 1.45 bits per heavy atom. The predicted molar refractivity (Wildman–Crippen MR) is 91.0 cm³/mol. The molecule has 2 N–H and O–H groups in total. The van der Waals surface area contributed by atoms with E-state index in [1.54, 1.807) is 18.2 Å². The fourth-order valence-corrected chi connectivity index (χ4v) is 2.10. The number of hydrogen-bond donors (Lipinski definition) is 2. The fraction of sp³-hybridized carbons (Fsp3) is 0.316. The summed E-state index contributed by atoms with van der Waals surface area (Å²) in [6.07, 6.45) is 8.22. The molecule has 1 rings (SSSR count). The highest BCUT2D eigenvalue weighted by atomic mass is 16.4. The van der Waals surface area contributed by atoms with Crippen LogP contribution in [-0.2, 0) is 17.6 Å². The van der Waals surface area contributed by atoms with Crippen LogP contribution in [0.1, 0.15) is 44.4 Å². The summed E-state index contributed by atoms with van der Waals surface area (Å²) in [6, 6.07) is 3.40. The molecule has 0 aromatic heterocycles. The van der Waals surface area contributed by atoms with Gasteiger partial charge in [0, 0.05) is 6.08 Å². The Kier molecular flexibility index (Phi) is 6.64. The largest absolute Gasteiger partial charge is 0.508 e. The average molecular weight is 300 g/mol. The van der Waals surface area contributed by atoms with Gasteiger partial charge >= 0.3 is 5.97 Å². The van der Waals surface area contributed by atoms with Gasteiger partial charge in [-0.25, -0.2) is 4.79 Å². The minimum absolute atomic E-state index is 0.210. The third-order valence-electron chi connectivity index (χ3n) is 3.19. The first-order valence-corrected chi connectivity index (χ1v) is 7.32. The Balaban J connectivity index is 3.36. The van der Waals surface area contributed by atoms with Gasteiger partial charge in [-0.1, -0.05) is 23.3 Å². The Morgan fingerprint density at radius 1 is 1.00 bits per heavy atom. The van der Waals surface area contributed by atoms with Crippen molar-refractivity contribution in [3.63, 3.8) is 0 Å². The van der Waals surface area contributed by atoms with Crippen molar-refractivity contribution in [2.75, 3.05) is 0 Å². The molecule has 118 valence electrons. The quantitative estimate of drug-likeness (QED) is 0.600. The maximum Gasteiger partial charge on any atom is 0.328 e. The highest BCUT2D eigenvalue weighted by Gasteiger charge is 2.08. The highest BCUT2D eigenvalue weighted by molar-refractivity contribution is 5.86. The molecule has 0 amide bonds. The van der Waals surface area contributed by atoms with Crippen molar-refractivity contribution in [1.82, 2.24) is 0 Å². The van der Waals surface area contributed by atoms with Crippen molar-refractivity contribution >= 4 is 12.0 Å². The maximum absolute atomic E-state index is 10.8. The van der Waals surface area contributed by atoms with E-state index in [1.807, 2.05) is 27.7 Å². The maximum atomic E-state index is 10.8. The molecule has 3 nitrogen and oxygen atoms in total. The van der Waals surface area contributed by atoms with Gasteiger partial charge < -0.3 is 10.2 Å². The van der Waals surface area contributed by atoms with Crippen LogP contribution in [0.3, 0.4) is 0 Å². The number of rotatable bonds is 6. The number of phenolic OH excluding ortho intramolecular Hbond substituents is 1. The number of phenols is 1. The number of benzene rings is 1. The lowest BCUT2D eigenvalue weighted by molar-refractivity contribution is -0.131. The second-order valence-corrected chi connectivity index (χ2v) is 5.82. The molecule has 22 heavy (non-hydrogen) atoms. The second-order valence-electron chi connectivity index (χ2n) is 5.82. The first kappa shape index (κ1) is 17.8. The molecule has 0 unspecified atom stereocenters. The van der Waals surface area contributed by atoms with Gasteiger partial charge in [0.1, 0.15) is 5.75 Å². The summed E-state index contributed by atoms with van der Waals surface area (Å²) in [4.78, 5) is 10.8. The molecule has 1 aromatic carbocycles. The lowest BCUT2D eigenvalue weighted by atomic mass is 9.94. The first-order chi connectivity index (χ1) is 10.3. The van der Waals surface area contributed by atoms with E-state index < -0.39 is 5.97 Å². The standard InChI is InChI=1S/C19H24O3/c1-13(2)5-7-15-11-17(20)12-16(8-6-14(3)4)18(15)9-10-19(21)22/h5-6,9-12,20H,7-8H2,1-4H3,(H,21,22). The summed E-state index contributed by atoms with van der Waals surface area (Å²) in [5.74, 6) is -0.767. The van der Waals surface area contributed by atoms with Gasteiger partial charge in [0.2, 0.25) is 0 Å². The van der Waals surface area contributed by atoms with Gasteiger partial charge in [-0.05, 0) is 75.4 Å². The van der Waals surface area contributed by atoms with E-state index in [-0.39, 0.29) is 5.75 Å². The monoisotopic (exact) mass is 300 g/mol. The molecule has 0 bridgehead atoms. The Labute approximate surface area is 132 Å². The zero-order valence-electron chi connectivity index (χ0n) is 13.7. The molecule has 0 atom stereocenters. The van der Waals surface area contributed by atoms with E-state index in [2.05, 4.69) is 12.2 Å². The molecule has 0 saturated carbocycles. The van der Waals surface area contributed by atoms with Crippen LogP contribution in [0, 0.1) is 0 Å². The fourth-order valence-electron chi connectivity index (χ4n) is 2.10. The Hall–Kier alpha value is -2.29. The molecule has 0 radical (unpaired) electrons. The van der Waals surface area contributed by atoms with Crippen molar-refractivity contribution in [2.24, 2.45) is 0 Å². The first-order valence-electron chi connectivity index (χ1n) is 7.32. The molecular formula is C19H24O3. The highest BCUT2D eigenvalue weighted by Crippen LogP contribution is 2.25. The number of aliphatic carboxylic acids is 1. The van der Waals surface area contributed by atoms with Gasteiger partial charge in [-0.3, -0.25) is 0 Å². The molecule has 0 heterocycles. The number of carboxylic acid groups (broad SMARTS) is 1. The van der Waals surface area contributed by atoms with Crippen LogP contribution < -0.4 is 0 Å². The van der Waals surface area contributed by atoms with Crippen LogP contribution >= 0.6 is 0 Å². The van der Waals surface area contributed by atoms with E-state index in [0.29, 0.717) is 12.8 Å². The minimum atomic E-state index is -0.977. The van der Waals surface area contributed by atoms with Gasteiger partial charge in [-0.15, -0.1) is 0 Å². The van der Waals surface area contributed by atoms with Crippen LogP contribution in [-0.4, -0.2) is 16.2 Å². The molecule has 1 aromatic rings. The van der Waals surface area contributed by atoms with E-state index in [9.17, 15) is 9.90 Å². The molecule has 0 fully saturated rings. The number of allylic oxidation sites excluding steroid dienone is 4. The average Bonchev–Trinajstić information content (AvgIpc) is 2.40. The predicted octanol–water partition coefficient (Wildman–Crippen LogP) is 4.51. The second kappa shape index (κ2) is 8.23. The third-order valence-corrected chi connectivity index (χ3v) is 3.19. The van der Waals surface area contributed by atoms with E-state index in [0.717, 1.165) is 22.8 Å². The normalized spacial score (nSPS) is 10.5. The molecule has 0 spiro atoms. The van der Waals surface area contributed by atoms with Crippen LogP contribution in [0.15, 0.2) is 41.5 Å². The lowest BCUT2D eigenvalue weighted by Crippen LogP contribution is -1.97. The summed E-state index contributed by atoms with van der Waals surface area (Å²) in [7, 11) is 0. The summed E-state index contributed by atoms with van der Waals surface area (Å²) in [6.45, 7) is 8.05. The summed E-state index contributed by atoms with van der Waals surface area (Å²) in [5.41, 5.74) is 5.09. The molecule has 0 saturated heterocycles. The van der Waals surface area contributed by atoms with Crippen LogP contribution in [0.25, 0.3) is 6.08 Å². The van der Waals surface area contributed by atoms with Crippen molar-refractivity contribution in [1.29, 1.82) is 0 Å². The number of carbonyl (C=O) groups is 1. The molecular weight excluding hydrogens is 276 g/mol.